The fraction of sp³-hybridized carbons (Fsp3) is 0.208. The van der Waals surface area contributed by atoms with Crippen molar-refractivity contribution in [2.24, 2.45) is 0 Å². The van der Waals surface area contributed by atoms with Gasteiger partial charge in [0, 0.05) is 24.4 Å². The average Bonchev–Trinajstić information content (AvgIpc) is 3.08. The Labute approximate surface area is 189 Å². The van der Waals surface area contributed by atoms with Crippen molar-refractivity contribution in [1.29, 1.82) is 0 Å². The van der Waals surface area contributed by atoms with Crippen molar-refractivity contribution in [2.45, 2.75) is 31.8 Å². The third-order valence-electron chi connectivity index (χ3n) is 5.59. The molecule has 0 spiro atoms. The van der Waals surface area contributed by atoms with E-state index < -0.39 is 6.04 Å². The number of aromatic nitrogens is 6. The number of nitrogens with zero attached hydrogens (tertiary/aromatic N) is 6. The molecule has 0 fully saturated rings. The maximum absolute atomic E-state index is 13.1. The Kier molecular flexibility index (Phi) is 5.67. The Morgan fingerprint density at radius 3 is 2.61 bits per heavy atom. The summed E-state index contributed by atoms with van der Waals surface area (Å²) in [5.74, 6) is 0.189. The van der Waals surface area contributed by atoms with Crippen molar-refractivity contribution >= 4 is 5.91 Å². The van der Waals surface area contributed by atoms with Crippen LogP contribution in [0.1, 0.15) is 41.6 Å². The van der Waals surface area contributed by atoms with Crippen LogP contribution < -0.4 is 10.9 Å². The van der Waals surface area contributed by atoms with Crippen LogP contribution in [0.4, 0.5) is 0 Å². The summed E-state index contributed by atoms with van der Waals surface area (Å²) in [4.78, 5) is 47.3. The molecule has 1 atom stereocenters. The molecule has 9 heteroatoms. The first-order chi connectivity index (χ1) is 16.2. The van der Waals surface area contributed by atoms with Gasteiger partial charge in [0.05, 0.1) is 23.1 Å². The molecular formula is C24H21N7O2. The van der Waals surface area contributed by atoms with E-state index >= 15 is 0 Å². The minimum atomic E-state index is -0.426. The number of fused-ring (bicyclic) bond motifs is 1. The lowest BCUT2D eigenvalue weighted by Gasteiger charge is -2.19. The van der Waals surface area contributed by atoms with E-state index in [9.17, 15) is 9.59 Å². The van der Waals surface area contributed by atoms with Gasteiger partial charge in [0.25, 0.3) is 11.5 Å². The lowest BCUT2D eigenvalue weighted by Crippen LogP contribution is -2.34. The molecule has 5 rings (SSSR count). The molecule has 9 nitrogen and oxygen atoms in total. The van der Waals surface area contributed by atoms with Crippen LogP contribution in [0.5, 0.6) is 0 Å². The smallest absolute Gasteiger partial charge is 0.270 e. The highest BCUT2D eigenvalue weighted by atomic mass is 16.2. The third kappa shape index (κ3) is 4.38. The Bertz CT molecular complexity index is 1340. The largest absolute Gasteiger partial charge is 0.341 e. The van der Waals surface area contributed by atoms with Gasteiger partial charge in [-0.1, -0.05) is 30.3 Å². The molecule has 4 aromatic rings. The summed E-state index contributed by atoms with van der Waals surface area (Å²) in [6, 6.07) is 14.0. The topological polar surface area (TPSA) is 116 Å². The Balaban J connectivity index is 1.47. The Morgan fingerprint density at radius 1 is 0.939 bits per heavy atom. The number of nitrogens with one attached hydrogen (secondary N) is 1. The number of benzene rings is 1. The summed E-state index contributed by atoms with van der Waals surface area (Å²) in [5, 5.41) is 3.03. The molecule has 1 aliphatic heterocycles. The quantitative estimate of drug-likeness (QED) is 0.520. The van der Waals surface area contributed by atoms with Crippen LogP contribution in [0.15, 0.2) is 72.2 Å². The number of carbonyl (C=O) groups excluding carboxylic acids is 1. The summed E-state index contributed by atoms with van der Waals surface area (Å²) >= 11 is 0. The van der Waals surface area contributed by atoms with E-state index in [1.54, 1.807) is 22.9 Å². The molecule has 1 aliphatic rings. The normalized spacial score (nSPS) is 15.3. The maximum atomic E-state index is 13.1. The molecule has 0 saturated heterocycles. The zero-order valence-corrected chi connectivity index (χ0v) is 17.8. The Morgan fingerprint density at radius 2 is 1.79 bits per heavy atom. The van der Waals surface area contributed by atoms with Crippen molar-refractivity contribution in [3.63, 3.8) is 0 Å². The highest BCUT2D eigenvalue weighted by Gasteiger charge is 2.25. The second-order valence-electron chi connectivity index (χ2n) is 7.76. The molecule has 33 heavy (non-hydrogen) atoms. The van der Waals surface area contributed by atoms with E-state index in [1.165, 1.54) is 18.7 Å². The molecular weight excluding hydrogens is 418 g/mol. The first kappa shape index (κ1) is 20.6. The average molecular weight is 439 g/mol. The fourth-order valence-electron chi connectivity index (χ4n) is 3.95. The number of carbonyl (C=O) groups is 1. The minimum absolute atomic E-state index is 0.164. The summed E-state index contributed by atoms with van der Waals surface area (Å²) < 4.78 is 1.64. The van der Waals surface area contributed by atoms with Gasteiger partial charge in [-0.3, -0.25) is 14.2 Å². The standard InChI is InChI=1S/C24H21N7O2/c32-22-13-20(17-9-10-25-14-26-17)29-23-18(8-4-5-11-31(22)23)30-24(33)21-12-19(27-15-28-21)16-6-2-1-3-7-16/h1-3,6-7,9-10,12-15,18H,4-5,8,11H2,(H,30,33). The lowest BCUT2D eigenvalue weighted by atomic mass is 10.1. The van der Waals surface area contributed by atoms with Crippen LogP contribution >= 0.6 is 0 Å². The van der Waals surface area contributed by atoms with Gasteiger partial charge in [-0.15, -0.1) is 0 Å². The summed E-state index contributed by atoms with van der Waals surface area (Å²) in [5.41, 5.74) is 2.68. The molecule has 4 heterocycles. The third-order valence-corrected chi connectivity index (χ3v) is 5.59. The molecule has 0 radical (unpaired) electrons. The van der Waals surface area contributed by atoms with E-state index in [2.05, 4.69) is 25.3 Å². The molecule has 1 amide bonds. The number of rotatable bonds is 4. The van der Waals surface area contributed by atoms with Crippen LogP contribution in [0.3, 0.4) is 0 Å². The van der Waals surface area contributed by atoms with Gasteiger partial charge >= 0.3 is 0 Å². The van der Waals surface area contributed by atoms with Crippen molar-refractivity contribution in [1.82, 2.24) is 34.8 Å². The predicted octanol–water partition coefficient (Wildman–Crippen LogP) is 2.81. The van der Waals surface area contributed by atoms with E-state index in [0.29, 0.717) is 35.9 Å². The number of hydrogen-bond acceptors (Lipinski definition) is 7. The van der Waals surface area contributed by atoms with Gasteiger partial charge in [0.1, 0.15) is 24.2 Å². The molecule has 1 unspecified atom stereocenters. The second kappa shape index (κ2) is 9.07. The SMILES string of the molecule is O=C(NC1CCCCn2c1nc(-c1ccncn1)cc2=O)c1cc(-c2ccccc2)ncn1. The van der Waals surface area contributed by atoms with Gasteiger partial charge in [-0.05, 0) is 31.4 Å². The molecule has 164 valence electrons. The molecule has 3 aromatic heterocycles. The Hall–Kier alpha value is -4.27. The molecule has 0 saturated carbocycles. The lowest BCUT2D eigenvalue weighted by molar-refractivity contribution is 0.0927. The fourth-order valence-corrected chi connectivity index (χ4v) is 3.95. The highest BCUT2D eigenvalue weighted by molar-refractivity contribution is 5.93. The van der Waals surface area contributed by atoms with Crippen LogP contribution in [-0.4, -0.2) is 35.4 Å². The predicted molar refractivity (Wildman–Crippen MR) is 121 cm³/mol. The van der Waals surface area contributed by atoms with Gasteiger partial charge < -0.3 is 5.32 Å². The summed E-state index contributed by atoms with van der Waals surface area (Å²) in [6.07, 6.45) is 6.76. The van der Waals surface area contributed by atoms with E-state index in [4.69, 9.17) is 4.98 Å². The maximum Gasteiger partial charge on any atom is 0.270 e. The second-order valence-corrected chi connectivity index (χ2v) is 7.76. The van der Waals surface area contributed by atoms with Crippen LogP contribution in [0.25, 0.3) is 22.6 Å². The highest BCUT2D eigenvalue weighted by Crippen LogP contribution is 2.24. The molecule has 0 bridgehead atoms. The van der Waals surface area contributed by atoms with Crippen LogP contribution in [0, 0.1) is 0 Å². The number of hydrogen-bond donors (Lipinski definition) is 1. The summed E-state index contributed by atoms with van der Waals surface area (Å²) in [7, 11) is 0. The zero-order valence-electron chi connectivity index (χ0n) is 17.8. The van der Waals surface area contributed by atoms with Crippen LogP contribution in [-0.2, 0) is 6.54 Å². The number of amides is 1. The first-order valence-electron chi connectivity index (χ1n) is 10.8. The van der Waals surface area contributed by atoms with Gasteiger partial charge in [-0.25, -0.2) is 24.9 Å². The van der Waals surface area contributed by atoms with Crippen molar-refractivity contribution in [3.05, 3.63) is 89.3 Å². The summed E-state index contributed by atoms with van der Waals surface area (Å²) in [6.45, 7) is 0.559. The van der Waals surface area contributed by atoms with E-state index in [-0.39, 0.29) is 17.2 Å². The van der Waals surface area contributed by atoms with Gasteiger partial charge in [0.15, 0.2) is 0 Å². The molecule has 1 N–H and O–H groups in total. The zero-order chi connectivity index (χ0) is 22.6. The monoisotopic (exact) mass is 439 g/mol. The molecule has 1 aromatic carbocycles. The van der Waals surface area contributed by atoms with E-state index in [0.717, 1.165) is 18.4 Å². The molecule has 0 aliphatic carbocycles. The first-order valence-corrected chi connectivity index (χ1v) is 10.8. The van der Waals surface area contributed by atoms with Gasteiger partial charge in [0.2, 0.25) is 0 Å². The van der Waals surface area contributed by atoms with Crippen molar-refractivity contribution in [3.8, 4) is 22.6 Å². The van der Waals surface area contributed by atoms with Gasteiger partial charge in [-0.2, -0.15) is 0 Å². The van der Waals surface area contributed by atoms with Crippen molar-refractivity contribution in [2.75, 3.05) is 0 Å². The van der Waals surface area contributed by atoms with Crippen molar-refractivity contribution < 1.29 is 4.79 Å². The minimum Gasteiger partial charge on any atom is -0.341 e. The van der Waals surface area contributed by atoms with E-state index in [1.807, 2.05) is 30.3 Å². The van der Waals surface area contributed by atoms with Crippen LogP contribution in [0.2, 0.25) is 0 Å².